The molecule has 0 aliphatic carbocycles. The van der Waals surface area contributed by atoms with Gasteiger partial charge >= 0.3 is 0 Å². The van der Waals surface area contributed by atoms with E-state index in [4.69, 9.17) is 4.74 Å². The van der Waals surface area contributed by atoms with Crippen LogP contribution in [-0.4, -0.2) is 26.1 Å². The van der Waals surface area contributed by atoms with Gasteiger partial charge < -0.3 is 9.47 Å². The van der Waals surface area contributed by atoms with E-state index in [0.717, 1.165) is 0 Å². The molecular formula is C11H14O3. The van der Waals surface area contributed by atoms with Crippen LogP contribution in [0.25, 0.3) is 0 Å². The Bertz CT molecular complexity index is 290. The number of rotatable bonds is 5. The molecule has 3 nitrogen and oxygen atoms in total. The first-order chi connectivity index (χ1) is 6.72. The molecule has 0 aliphatic rings. The van der Waals surface area contributed by atoms with Crippen LogP contribution in [0.1, 0.15) is 5.56 Å². The Morgan fingerprint density at radius 2 is 1.86 bits per heavy atom. The summed E-state index contributed by atoms with van der Waals surface area (Å²) in [5, 5.41) is 0. The van der Waals surface area contributed by atoms with Crippen LogP contribution in [-0.2, 0) is 9.53 Å². The molecule has 14 heavy (non-hydrogen) atoms. The van der Waals surface area contributed by atoms with Gasteiger partial charge in [-0.15, -0.1) is 0 Å². The summed E-state index contributed by atoms with van der Waals surface area (Å²) in [6.45, 7) is 2.17. The van der Waals surface area contributed by atoms with Gasteiger partial charge in [0.2, 0.25) is 0 Å². The lowest BCUT2D eigenvalue weighted by atomic mass is 10.2. The van der Waals surface area contributed by atoms with Crippen LogP contribution in [0.3, 0.4) is 0 Å². The Morgan fingerprint density at radius 1 is 1.21 bits per heavy atom. The van der Waals surface area contributed by atoms with Gasteiger partial charge in [0.05, 0.1) is 0 Å². The average molecular weight is 194 g/mol. The standard InChI is InChI=1S/C11H14O3/c1-9-3-5-11(6-4-9)14-8-10(12)7-13-2/h3-6H,7-8H2,1-2H3. The van der Waals surface area contributed by atoms with Gasteiger partial charge in [-0.1, -0.05) is 17.7 Å². The van der Waals surface area contributed by atoms with E-state index in [1.54, 1.807) is 0 Å². The summed E-state index contributed by atoms with van der Waals surface area (Å²) in [4.78, 5) is 11.0. The molecule has 0 aromatic heterocycles. The molecule has 0 bridgehead atoms. The molecule has 3 heteroatoms. The summed E-state index contributed by atoms with van der Waals surface area (Å²) in [6, 6.07) is 7.57. The number of hydrogen-bond acceptors (Lipinski definition) is 3. The monoisotopic (exact) mass is 194 g/mol. The van der Waals surface area contributed by atoms with Gasteiger partial charge in [0.1, 0.15) is 19.0 Å². The van der Waals surface area contributed by atoms with Crippen LogP contribution in [0, 0.1) is 6.92 Å². The van der Waals surface area contributed by atoms with Crippen molar-refractivity contribution in [2.24, 2.45) is 0 Å². The topological polar surface area (TPSA) is 35.5 Å². The lowest BCUT2D eigenvalue weighted by Gasteiger charge is -2.04. The zero-order valence-corrected chi connectivity index (χ0v) is 8.45. The number of aryl methyl sites for hydroxylation is 1. The zero-order chi connectivity index (χ0) is 10.4. The van der Waals surface area contributed by atoms with Crippen molar-refractivity contribution >= 4 is 5.78 Å². The van der Waals surface area contributed by atoms with Crippen LogP contribution in [0.5, 0.6) is 5.75 Å². The fraction of sp³-hybridized carbons (Fsp3) is 0.364. The molecular weight excluding hydrogens is 180 g/mol. The van der Waals surface area contributed by atoms with Crippen molar-refractivity contribution in [3.63, 3.8) is 0 Å². The molecule has 0 N–H and O–H groups in total. The maximum atomic E-state index is 11.0. The predicted molar refractivity (Wildman–Crippen MR) is 53.6 cm³/mol. The number of carbonyl (C=O) groups excluding carboxylic acids is 1. The number of Topliss-reactive ketones (excluding diaryl/α,β-unsaturated/α-hetero) is 1. The van der Waals surface area contributed by atoms with Crippen molar-refractivity contribution in [1.29, 1.82) is 0 Å². The minimum Gasteiger partial charge on any atom is -0.486 e. The van der Waals surface area contributed by atoms with Crippen molar-refractivity contribution < 1.29 is 14.3 Å². The van der Waals surface area contributed by atoms with E-state index in [1.807, 2.05) is 31.2 Å². The predicted octanol–water partition coefficient (Wildman–Crippen LogP) is 1.59. The summed E-state index contributed by atoms with van der Waals surface area (Å²) in [6.07, 6.45) is 0. The normalized spacial score (nSPS) is 9.86. The Morgan fingerprint density at radius 3 is 2.43 bits per heavy atom. The highest BCUT2D eigenvalue weighted by atomic mass is 16.5. The van der Waals surface area contributed by atoms with E-state index in [2.05, 4.69) is 4.74 Å². The molecule has 0 amide bonds. The second-order valence-electron chi connectivity index (χ2n) is 3.07. The van der Waals surface area contributed by atoms with Gasteiger partial charge in [-0.25, -0.2) is 0 Å². The van der Waals surface area contributed by atoms with Crippen LogP contribution < -0.4 is 4.74 Å². The molecule has 1 rings (SSSR count). The lowest BCUT2D eigenvalue weighted by Crippen LogP contribution is -2.16. The molecule has 0 fully saturated rings. The fourth-order valence-electron chi connectivity index (χ4n) is 1.00. The largest absolute Gasteiger partial charge is 0.486 e. The fourth-order valence-corrected chi connectivity index (χ4v) is 1.00. The summed E-state index contributed by atoms with van der Waals surface area (Å²) >= 11 is 0. The summed E-state index contributed by atoms with van der Waals surface area (Å²) in [5.74, 6) is 0.646. The first-order valence-electron chi connectivity index (χ1n) is 4.42. The summed E-state index contributed by atoms with van der Waals surface area (Å²) in [7, 11) is 1.49. The third-order valence-electron chi connectivity index (χ3n) is 1.73. The van der Waals surface area contributed by atoms with Crippen molar-refractivity contribution in [3.8, 4) is 5.75 Å². The SMILES string of the molecule is COCC(=O)COc1ccc(C)cc1. The summed E-state index contributed by atoms with van der Waals surface area (Å²) < 4.78 is 9.93. The number of carbonyl (C=O) groups is 1. The third-order valence-corrected chi connectivity index (χ3v) is 1.73. The molecule has 0 spiro atoms. The molecule has 0 atom stereocenters. The Hall–Kier alpha value is -1.35. The molecule has 0 saturated heterocycles. The van der Waals surface area contributed by atoms with Crippen molar-refractivity contribution in [1.82, 2.24) is 0 Å². The first kappa shape index (κ1) is 10.7. The molecule has 1 aromatic rings. The second-order valence-corrected chi connectivity index (χ2v) is 3.07. The molecule has 0 radical (unpaired) electrons. The smallest absolute Gasteiger partial charge is 0.195 e. The van der Waals surface area contributed by atoms with Gasteiger partial charge in [0.25, 0.3) is 0 Å². The molecule has 0 saturated carbocycles. The molecule has 76 valence electrons. The van der Waals surface area contributed by atoms with Crippen LogP contribution in [0.4, 0.5) is 0 Å². The Labute approximate surface area is 83.6 Å². The number of ether oxygens (including phenoxy) is 2. The number of ketones is 1. The van der Waals surface area contributed by atoms with Crippen LogP contribution in [0.15, 0.2) is 24.3 Å². The molecule has 1 aromatic carbocycles. The number of methoxy groups -OCH3 is 1. The quantitative estimate of drug-likeness (QED) is 0.714. The zero-order valence-electron chi connectivity index (χ0n) is 8.45. The average Bonchev–Trinajstić information content (AvgIpc) is 2.17. The number of benzene rings is 1. The summed E-state index contributed by atoms with van der Waals surface area (Å²) in [5.41, 5.74) is 1.17. The van der Waals surface area contributed by atoms with E-state index < -0.39 is 0 Å². The van der Waals surface area contributed by atoms with Crippen molar-refractivity contribution in [2.75, 3.05) is 20.3 Å². The highest BCUT2D eigenvalue weighted by Crippen LogP contribution is 2.10. The lowest BCUT2D eigenvalue weighted by molar-refractivity contribution is -0.124. The van der Waals surface area contributed by atoms with E-state index >= 15 is 0 Å². The van der Waals surface area contributed by atoms with Crippen LogP contribution >= 0.6 is 0 Å². The van der Waals surface area contributed by atoms with E-state index in [0.29, 0.717) is 5.75 Å². The minimum atomic E-state index is -0.0620. The Kier molecular flexibility index (Phi) is 4.13. The van der Waals surface area contributed by atoms with Gasteiger partial charge in [0, 0.05) is 7.11 Å². The van der Waals surface area contributed by atoms with E-state index in [9.17, 15) is 4.79 Å². The maximum Gasteiger partial charge on any atom is 0.195 e. The first-order valence-corrected chi connectivity index (χ1v) is 4.42. The van der Waals surface area contributed by atoms with Crippen molar-refractivity contribution in [2.45, 2.75) is 6.92 Å². The minimum absolute atomic E-state index is 0.0620. The second kappa shape index (κ2) is 5.40. The number of hydrogen-bond donors (Lipinski definition) is 0. The molecule has 0 unspecified atom stereocenters. The molecule has 0 aliphatic heterocycles. The van der Waals surface area contributed by atoms with Gasteiger partial charge in [0.15, 0.2) is 5.78 Å². The maximum absolute atomic E-state index is 11.0. The van der Waals surface area contributed by atoms with Gasteiger partial charge in [-0.2, -0.15) is 0 Å². The molecule has 0 heterocycles. The van der Waals surface area contributed by atoms with Crippen LogP contribution in [0.2, 0.25) is 0 Å². The van der Waals surface area contributed by atoms with E-state index in [1.165, 1.54) is 12.7 Å². The van der Waals surface area contributed by atoms with Crippen molar-refractivity contribution in [3.05, 3.63) is 29.8 Å². The highest BCUT2D eigenvalue weighted by molar-refractivity contribution is 5.81. The Balaban J connectivity index is 2.38. The third kappa shape index (κ3) is 3.58. The highest BCUT2D eigenvalue weighted by Gasteiger charge is 2.01. The van der Waals surface area contributed by atoms with E-state index in [-0.39, 0.29) is 19.0 Å². The van der Waals surface area contributed by atoms with Gasteiger partial charge in [-0.05, 0) is 19.1 Å². The van der Waals surface area contributed by atoms with Gasteiger partial charge in [-0.3, -0.25) is 4.79 Å².